The van der Waals surface area contributed by atoms with Crippen LogP contribution >= 0.6 is 0 Å². The monoisotopic (exact) mass is 302 g/mol. The Morgan fingerprint density at radius 2 is 2.18 bits per heavy atom. The zero-order chi connectivity index (χ0) is 15.4. The molecular formula is C16H22N4O2. The van der Waals surface area contributed by atoms with Gasteiger partial charge in [-0.3, -0.25) is 9.69 Å². The second-order valence-electron chi connectivity index (χ2n) is 5.82. The van der Waals surface area contributed by atoms with E-state index < -0.39 is 0 Å². The van der Waals surface area contributed by atoms with E-state index in [9.17, 15) is 9.59 Å². The summed E-state index contributed by atoms with van der Waals surface area (Å²) < 4.78 is 0. The van der Waals surface area contributed by atoms with Crippen LogP contribution in [0.4, 0.5) is 16.2 Å². The van der Waals surface area contributed by atoms with Crippen LogP contribution in [-0.4, -0.2) is 38.1 Å². The molecular weight excluding hydrogens is 280 g/mol. The van der Waals surface area contributed by atoms with Crippen LogP contribution in [0.2, 0.25) is 0 Å². The molecule has 2 saturated heterocycles. The number of nitrogens with zero attached hydrogens (tertiary/aromatic N) is 1. The highest BCUT2D eigenvalue weighted by molar-refractivity contribution is 5.96. The van der Waals surface area contributed by atoms with Crippen molar-refractivity contribution in [3.05, 3.63) is 24.3 Å². The van der Waals surface area contributed by atoms with Gasteiger partial charge in [-0.2, -0.15) is 0 Å². The third-order valence-electron chi connectivity index (χ3n) is 4.17. The third kappa shape index (κ3) is 3.39. The van der Waals surface area contributed by atoms with E-state index >= 15 is 0 Å². The zero-order valence-electron chi connectivity index (χ0n) is 12.6. The maximum absolute atomic E-state index is 12.3. The van der Waals surface area contributed by atoms with Crippen LogP contribution in [0.1, 0.15) is 19.3 Å². The quantitative estimate of drug-likeness (QED) is 0.793. The summed E-state index contributed by atoms with van der Waals surface area (Å²) in [6, 6.07) is 7.40. The van der Waals surface area contributed by atoms with Crippen molar-refractivity contribution in [3.63, 3.8) is 0 Å². The van der Waals surface area contributed by atoms with Gasteiger partial charge in [0, 0.05) is 31.0 Å². The molecule has 1 aromatic rings. The Labute approximate surface area is 130 Å². The van der Waals surface area contributed by atoms with Gasteiger partial charge >= 0.3 is 6.03 Å². The topological polar surface area (TPSA) is 73.5 Å². The van der Waals surface area contributed by atoms with Gasteiger partial charge in [-0.25, -0.2) is 4.79 Å². The molecule has 22 heavy (non-hydrogen) atoms. The lowest BCUT2D eigenvalue weighted by Gasteiger charge is -2.28. The van der Waals surface area contributed by atoms with Crippen LogP contribution in [0.25, 0.3) is 0 Å². The minimum atomic E-state index is -0.0776. The lowest BCUT2D eigenvalue weighted by atomic mass is 9.99. The minimum absolute atomic E-state index is 0.0238. The highest BCUT2D eigenvalue weighted by Crippen LogP contribution is 2.22. The van der Waals surface area contributed by atoms with Crippen LogP contribution in [0, 0.1) is 5.92 Å². The van der Waals surface area contributed by atoms with Crippen molar-refractivity contribution in [2.45, 2.75) is 19.3 Å². The Kier molecular flexibility index (Phi) is 4.58. The van der Waals surface area contributed by atoms with Gasteiger partial charge in [0.25, 0.3) is 0 Å². The van der Waals surface area contributed by atoms with Gasteiger partial charge < -0.3 is 16.0 Å². The Morgan fingerprint density at radius 3 is 2.95 bits per heavy atom. The highest BCUT2D eigenvalue weighted by atomic mass is 16.2. The molecule has 3 amide bonds. The van der Waals surface area contributed by atoms with E-state index in [0.717, 1.165) is 50.3 Å². The molecule has 1 atom stereocenters. The van der Waals surface area contributed by atoms with E-state index in [-0.39, 0.29) is 17.9 Å². The number of hydrogen-bond acceptors (Lipinski definition) is 3. The van der Waals surface area contributed by atoms with E-state index in [1.54, 1.807) is 4.90 Å². The molecule has 3 N–H and O–H groups in total. The number of benzene rings is 1. The number of nitrogens with one attached hydrogen (secondary N) is 3. The Morgan fingerprint density at radius 1 is 1.27 bits per heavy atom. The number of hydrogen-bond donors (Lipinski definition) is 3. The molecule has 2 aliphatic rings. The van der Waals surface area contributed by atoms with Crippen LogP contribution in [0.3, 0.4) is 0 Å². The van der Waals surface area contributed by atoms with Crippen molar-refractivity contribution >= 4 is 23.3 Å². The predicted molar refractivity (Wildman–Crippen MR) is 86.0 cm³/mol. The summed E-state index contributed by atoms with van der Waals surface area (Å²) in [5, 5.41) is 9.05. The van der Waals surface area contributed by atoms with E-state index in [4.69, 9.17) is 0 Å². The average Bonchev–Trinajstić information content (AvgIpc) is 2.56. The molecule has 0 spiro atoms. The zero-order valence-corrected chi connectivity index (χ0v) is 12.6. The smallest absolute Gasteiger partial charge is 0.321 e. The summed E-state index contributed by atoms with van der Waals surface area (Å²) in [6.45, 7) is 3.15. The molecule has 118 valence electrons. The first-order valence-corrected chi connectivity index (χ1v) is 7.91. The summed E-state index contributed by atoms with van der Waals surface area (Å²) in [6.07, 6.45) is 2.88. The van der Waals surface area contributed by atoms with E-state index in [0.29, 0.717) is 6.54 Å². The van der Waals surface area contributed by atoms with Crippen LogP contribution in [0.5, 0.6) is 0 Å². The standard InChI is InChI=1S/C16H22N4O2/c21-15(12-4-2-7-17-11-12)19-13-5-1-6-14(10-13)20-9-3-8-18-16(20)22/h1,5-6,10,12,17H,2-4,7-9,11H2,(H,18,22)(H,19,21). The molecule has 1 unspecified atom stereocenters. The molecule has 0 bridgehead atoms. The first-order valence-electron chi connectivity index (χ1n) is 7.91. The van der Waals surface area contributed by atoms with Gasteiger partial charge in [0.2, 0.25) is 5.91 Å². The van der Waals surface area contributed by atoms with Crippen molar-refractivity contribution in [1.29, 1.82) is 0 Å². The number of amides is 3. The first-order chi connectivity index (χ1) is 10.7. The minimum Gasteiger partial charge on any atom is -0.338 e. The molecule has 3 rings (SSSR count). The second-order valence-corrected chi connectivity index (χ2v) is 5.82. The van der Waals surface area contributed by atoms with Crippen molar-refractivity contribution in [3.8, 4) is 0 Å². The lowest BCUT2D eigenvalue weighted by Crippen LogP contribution is -2.46. The number of piperidine rings is 1. The number of anilines is 2. The Hall–Kier alpha value is -2.08. The Balaban J connectivity index is 1.68. The summed E-state index contributed by atoms with van der Waals surface area (Å²) >= 11 is 0. The van der Waals surface area contributed by atoms with Crippen molar-refractivity contribution in [1.82, 2.24) is 10.6 Å². The van der Waals surface area contributed by atoms with E-state index in [1.807, 2.05) is 24.3 Å². The molecule has 2 fully saturated rings. The summed E-state index contributed by atoms with van der Waals surface area (Å²) in [7, 11) is 0. The summed E-state index contributed by atoms with van der Waals surface area (Å²) in [5.74, 6) is 0.0723. The molecule has 0 aromatic heterocycles. The van der Waals surface area contributed by atoms with E-state index in [2.05, 4.69) is 16.0 Å². The molecule has 6 heteroatoms. The summed E-state index contributed by atoms with van der Waals surface area (Å²) in [4.78, 5) is 25.9. The summed E-state index contributed by atoms with van der Waals surface area (Å²) in [5.41, 5.74) is 1.56. The third-order valence-corrected chi connectivity index (χ3v) is 4.17. The van der Waals surface area contributed by atoms with Crippen molar-refractivity contribution < 1.29 is 9.59 Å². The fraction of sp³-hybridized carbons (Fsp3) is 0.500. The van der Waals surface area contributed by atoms with Crippen LogP contribution in [0.15, 0.2) is 24.3 Å². The van der Waals surface area contributed by atoms with E-state index in [1.165, 1.54) is 0 Å². The average molecular weight is 302 g/mol. The van der Waals surface area contributed by atoms with Gasteiger partial charge in [-0.05, 0) is 44.0 Å². The molecule has 2 heterocycles. The van der Waals surface area contributed by atoms with Crippen LogP contribution in [-0.2, 0) is 4.79 Å². The predicted octanol–water partition coefficient (Wildman–Crippen LogP) is 1.54. The van der Waals surface area contributed by atoms with Gasteiger partial charge in [0.1, 0.15) is 0 Å². The fourth-order valence-corrected chi connectivity index (χ4v) is 2.95. The van der Waals surface area contributed by atoms with Gasteiger partial charge in [0.05, 0.1) is 5.92 Å². The SMILES string of the molecule is O=C(Nc1cccc(N2CCCNC2=O)c1)C1CCCNC1. The number of rotatable bonds is 3. The molecule has 6 nitrogen and oxygen atoms in total. The maximum Gasteiger partial charge on any atom is 0.321 e. The number of carbonyl (C=O) groups is 2. The number of carbonyl (C=O) groups excluding carboxylic acids is 2. The second kappa shape index (κ2) is 6.79. The molecule has 0 aliphatic carbocycles. The number of urea groups is 1. The highest BCUT2D eigenvalue weighted by Gasteiger charge is 2.22. The maximum atomic E-state index is 12.3. The molecule has 1 aromatic carbocycles. The molecule has 0 saturated carbocycles. The fourth-order valence-electron chi connectivity index (χ4n) is 2.95. The lowest BCUT2D eigenvalue weighted by molar-refractivity contribution is -0.120. The van der Waals surface area contributed by atoms with Crippen LogP contribution < -0.4 is 20.9 Å². The Bertz CT molecular complexity index is 555. The molecule has 2 aliphatic heterocycles. The normalized spacial score (nSPS) is 22.1. The van der Waals surface area contributed by atoms with Crippen molar-refractivity contribution in [2.75, 3.05) is 36.4 Å². The van der Waals surface area contributed by atoms with Gasteiger partial charge in [-0.15, -0.1) is 0 Å². The van der Waals surface area contributed by atoms with Gasteiger partial charge in [0.15, 0.2) is 0 Å². The van der Waals surface area contributed by atoms with Gasteiger partial charge in [-0.1, -0.05) is 6.07 Å². The largest absolute Gasteiger partial charge is 0.338 e. The first kappa shape index (κ1) is 14.8. The molecule has 0 radical (unpaired) electrons. The van der Waals surface area contributed by atoms with Crippen molar-refractivity contribution in [2.24, 2.45) is 5.92 Å².